The molecular weight excluding hydrogens is 305 g/mol. The van der Waals surface area contributed by atoms with Crippen LogP contribution in [0.25, 0.3) is 0 Å². The molecule has 1 amide bonds. The van der Waals surface area contributed by atoms with Crippen LogP contribution in [0.15, 0.2) is 18.2 Å². The number of nitrogens with zero attached hydrogens (tertiary/aromatic N) is 2. The Morgan fingerprint density at radius 2 is 2.00 bits per heavy atom. The number of hydrogen-bond donors (Lipinski definition) is 1. The van der Waals surface area contributed by atoms with E-state index in [0.717, 1.165) is 39.3 Å². The van der Waals surface area contributed by atoms with E-state index < -0.39 is 0 Å². The number of carbonyl (C=O) groups is 1. The van der Waals surface area contributed by atoms with Crippen molar-refractivity contribution >= 4 is 18.3 Å². The maximum atomic E-state index is 13.6. The summed E-state index contributed by atoms with van der Waals surface area (Å²) in [4.78, 5) is 16.7. The van der Waals surface area contributed by atoms with Crippen molar-refractivity contribution in [3.63, 3.8) is 0 Å². The highest BCUT2D eigenvalue weighted by Gasteiger charge is 2.28. The second-order valence-corrected chi connectivity index (χ2v) is 5.94. The number of amides is 1. The molecule has 0 aliphatic carbocycles. The van der Waals surface area contributed by atoms with Gasteiger partial charge < -0.3 is 10.2 Å². The third kappa shape index (κ3) is 3.59. The molecule has 0 spiro atoms. The number of benzene rings is 1. The molecule has 2 aliphatic heterocycles. The van der Waals surface area contributed by atoms with Crippen molar-refractivity contribution in [1.82, 2.24) is 15.1 Å². The third-order valence-electron chi connectivity index (χ3n) is 4.57. The Labute approximate surface area is 137 Å². The summed E-state index contributed by atoms with van der Waals surface area (Å²) in [6, 6.07) is 5.35. The summed E-state index contributed by atoms with van der Waals surface area (Å²) in [7, 11) is 0. The Kier molecular flexibility index (Phi) is 5.78. The molecule has 1 unspecified atom stereocenters. The molecule has 0 radical (unpaired) electrons. The van der Waals surface area contributed by atoms with Crippen molar-refractivity contribution in [2.24, 2.45) is 0 Å². The molecule has 1 atom stereocenters. The molecule has 3 rings (SSSR count). The van der Waals surface area contributed by atoms with E-state index in [1.807, 2.05) is 4.90 Å². The second-order valence-electron chi connectivity index (χ2n) is 5.94. The standard InChI is InChI=1S/C16H22FN3O.ClH/c1-12-2-3-13(10-15(12)17)16(21)20-8-6-19(7-9-20)14-4-5-18-11-14;/h2-3,10,14,18H,4-9,11H2,1H3;1H. The summed E-state index contributed by atoms with van der Waals surface area (Å²) < 4.78 is 13.6. The monoisotopic (exact) mass is 327 g/mol. The molecule has 122 valence electrons. The van der Waals surface area contributed by atoms with Crippen LogP contribution in [0.2, 0.25) is 0 Å². The fraction of sp³-hybridized carbons (Fsp3) is 0.562. The predicted octanol–water partition coefficient (Wildman–Crippen LogP) is 1.68. The second kappa shape index (κ2) is 7.40. The Balaban J connectivity index is 0.00000176. The van der Waals surface area contributed by atoms with Gasteiger partial charge in [0.05, 0.1) is 0 Å². The number of aryl methyl sites for hydroxylation is 1. The van der Waals surface area contributed by atoms with Gasteiger partial charge in [-0.05, 0) is 37.6 Å². The summed E-state index contributed by atoms with van der Waals surface area (Å²) in [5.74, 6) is -0.366. The van der Waals surface area contributed by atoms with Crippen molar-refractivity contribution in [3.05, 3.63) is 35.1 Å². The fourth-order valence-electron chi connectivity index (χ4n) is 3.15. The first-order valence-electron chi connectivity index (χ1n) is 7.65. The van der Waals surface area contributed by atoms with Crippen molar-refractivity contribution < 1.29 is 9.18 Å². The van der Waals surface area contributed by atoms with Crippen molar-refractivity contribution in [2.75, 3.05) is 39.3 Å². The van der Waals surface area contributed by atoms with E-state index in [0.29, 0.717) is 17.2 Å². The molecule has 6 heteroatoms. The molecule has 4 nitrogen and oxygen atoms in total. The first kappa shape index (κ1) is 17.2. The van der Waals surface area contributed by atoms with Gasteiger partial charge >= 0.3 is 0 Å². The quantitative estimate of drug-likeness (QED) is 0.897. The van der Waals surface area contributed by atoms with Crippen LogP contribution in [0.5, 0.6) is 0 Å². The van der Waals surface area contributed by atoms with Gasteiger partial charge in [-0.2, -0.15) is 0 Å². The summed E-state index contributed by atoms with van der Waals surface area (Å²) >= 11 is 0. The lowest BCUT2D eigenvalue weighted by molar-refractivity contribution is 0.0583. The van der Waals surface area contributed by atoms with Crippen LogP contribution in [-0.2, 0) is 0 Å². The summed E-state index contributed by atoms with van der Waals surface area (Å²) in [5, 5.41) is 3.38. The van der Waals surface area contributed by atoms with Crippen molar-refractivity contribution in [1.29, 1.82) is 0 Å². The van der Waals surface area contributed by atoms with Crippen LogP contribution in [0.1, 0.15) is 22.3 Å². The molecule has 0 bridgehead atoms. The largest absolute Gasteiger partial charge is 0.336 e. The van der Waals surface area contributed by atoms with E-state index in [4.69, 9.17) is 0 Å². The molecular formula is C16H23ClFN3O. The highest BCUT2D eigenvalue weighted by atomic mass is 35.5. The van der Waals surface area contributed by atoms with Crippen LogP contribution in [0.3, 0.4) is 0 Å². The zero-order valence-electron chi connectivity index (χ0n) is 12.8. The van der Waals surface area contributed by atoms with Gasteiger partial charge in [-0.3, -0.25) is 9.69 Å². The molecule has 0 saturated carbocycles. The first-order valence-corrected chi connectivity index (χ1v) is 7.65. The Hall–Kier alpha value is -1.17. The predicted molar refractivity (Wildman–Crippen MR) is 87.1 cm³/mol. The number of halogens is 2. The molecule has 2 fully saturated rings. The lowest BCUT2D eigenvalue weighted by Gasteiger charge is -2.37. The van der Waals surface area contributed by atoms with Crippen LogP contribution in [0.4, 0.5) is 4.39 Å². The molecule has 1 aromatic carbocycles. The van der Waals surface area contributed by atoms with Gasteiger partial charge in [0, 0.05) is 44.3 Å². The van der Waals surface area contributed by atoms with E-state index in [1.54, 1.807) is 19.1 Å². The minimum Gasteiger partial charge on any atom is -0.336 e. The maximum absolute atomic E-state index is 13.6. The smallest absolute Gasteiger partial charge is 0.254 e. The molecule has 2 heterocycles. The molecule has 2 aliphatic rings. The first-order chi connectivity index (χ1) is 10.1. The van der Waals surface area contributed by atoms with Gasteiger partial charge in [0.15, 0.2) is 0 Å². The molecule has 0 aromatic heterocycles. The van der Waals surface area contributed by atoms with Gasteiger partial charge in [-0.15, -0.1) is 12.4 Å². The van der Waals surface area contributed by atoms with Gasteiger partial charge in [-0.1, -0.05) is 6.07 Å². The van der Waals surface area contributed by atoms with Crippen LogP contribution in [0, 0.1) is 12.7 Å². The zero-order chi connectivity index (χ0) is 14.8. The lowest BCUT2D eigenvalue weighted by Crippen LogP contribution is -2.52. The maximum Gasteiger partial charge on any atom is 0.254 e. The van der Waals surface area contributed by atoms with Gasteiger partial charge in [0.2, 0.25) is 0 Å². The van der Waals surface area contributed by atoms with E-state index in [-0.39, 0.29) is 24.1 Å². The summed E-state index contributed by atoms with van der Waals surface area (Å²) in [6.07, 6.45) is 1.19. The lowest BCUT2D eigenvalue weighted by atomic mass is 10.1. The molecule has 2 saturated heterocycles. The van der Waals surface area contributed by atoms with E-state index in [1.165, 1.54) is 12.5 Å². The van der Waals surface area contributed by atoms with Gasteiger partial charge in [0.1, 0.15) is 5.82 Å². The summed E-state index contributed by atoms with van der Waals surface area (Å²) in [5.41, 5.74) is 1.03. The highest BCUT2D eigenvalue weighted by Crippen LogP contribution is 2.15. The van der Waals surface area contributed by atoms with E-state index in [2.05, 4.69) is 10.2 Å². The van der Waals surface area contributed by atoms with Crippen molar-refractivity contribution in [2.45, 2.75) is 19.4 Å². The average Bonchev–Trinajstić information content (AvgIpc) is 3.04. The minimum atomic E-state index is -0.309. The fourth-order valence-corrected chi connectivity index (χ4v) is 3.15. The Morgan fingerprint density at radius 1 is 1.27 bits per heavy atom. The minimum absolute atomic E-state index is 0. The SMILES string of the molecule is Cc1ccc(C(=O)N2CCN(C3CCNC3)CC2)cc1F.Cl. The Morgan fingerprint density at radius 3 is 2.59 bits per heavy atom. The number of piperazine rings is 1. The topological polar surface area (TPSA) is 35.6 Å². The number of carbonyl (C=O) groups excluding carboxylic acids is 1. The average molecular weight is 328 g/mol. The van der Waals surface area contributed by atoms with Crippen LogP contribution in [-0.4, -0.2) is 61.0 Å². The number of nitrogens with one attached hydrogen (secondary N) is 1. The zero-order valence-corrected chi connectivity index (χ0v) is 13.7. The Bertz CT molecular complexity index is 526. The number of hydrogen-bond acceptors (Lipinski definition) is 3. The summed E-state index contributed by atoms with van der Waals surface area (Å²) in [6.45, 7) is 7.12. The van der Waals surface area contributed by atoms with Crippen molar-refractivity contribution in [3.8, 4) is 0 Å². The van der Waals surface area contributed by atoms with Crippen LogP contribution >= 0.6 is 12.4 Å². The molecule has 22 heavy (non-hydrogen) atoms. The molecule has 1 N–H and O–H groups in total. The van der Waals surface area contributed by atoms with Crippen LogP contribution < -0.4 is 5.32 Å². The highest BCUT2D eigenvalue weighted by molar-refractivity contribution is 5.94. The number of rotatable bonds is 2. The molecule has 1 aromatic rings. The normalized spacial score (nSPS) is 22.5. The third-order valence-corrected chi connectivity index (χ3v) is 4.57. The van der Waals surface area contributed by atoms with E-state index >= 15 is 0 Å². The van der Waals surface area contributed by atoms with Gasteiger partial charge in [0.25, 0.3) is 5.91 Å². The van der Waals surface area contributed by atoms with Gasteiger partial charge in [-0.25, -0.2) is 4.39 Å². The van der Waals surface area contributed by atoms with E-state index in [9.17, 15) is 9.18 Å².